The average Bonchev–Trinajstić information content (AvgIpc) is 2.57. The van der Waals surface area contributed by atoms with Crippen molar-refractivity contribution in [3.63, 3.8) is 0 Å². The van der Waals surface area contributed by atoms with Crippen molar-refractivity contribution in [2.75, 3.05) is 35.8 Å². The van der Waals surface area contributed by atoms with Gasteiger partial charge in [-0.15, -0.1) is 0 Å². The van der Waals surface area contributed by atoms with Gasteiger partial charge in [0.25, 0.3) is 0 Å². The zero-order valence-electron chi connectivity index (χ0n) is 15.5. The number of nitrogens with one attached hydrogen (secondary N) is 1. The minimum Gasteiger partial charge on any atom is -0.378 e. The predicted molar refractivity (Wildman–Crippen MR) is 108 cm³/mol. The van der Waals surface area contributed by atoms with E-state index in [1.807, 2.05) is 50.2 Å². The molecular formula is C20H24ClN3O2. The number of carbonyl (C=O) groups is 2. The Balaban J connectivity index is 2.00. The summed E-state index contributed by atoms with van der Waals surface area (Å²) >= 11 is 5.98. The Labute approximate surface area is 159 Å². The summed E-state index contributed by atoms with van der Waals surface area (Å²) in [7, 11) is 3.92. The molecule has 0 aliphatic carbocycles. The zero-order valence-corrected chi connectivity index (χ0v) is 16.3. The van der Waals surface area contributed by atoms with Gasteiger partial charge < -0.3 is 15.1 Å². The van der Waals surface area contributed by atoms with E-state index in [9.17, 15) is 9.59 Å². The third kappa shape index (κ3) is 5.23. The van der Waals surface area contributed by atoms with Crippen LogP contribution in [0.25, 0.3) is 0 Å². The molecular weight excluding hydrogens is 350 g/mol. The number of hydrogen-bond acceptors (Lipinski definition) is 3. The lowest BCUT2D eigenvalue weighted by molar-refractivity contribution is -0.117. The second-order valence-corrected chi connectivity index (χ2v) is 6.78. The van der Waals surface area contributed by atoms with E-state index in [0.29, 0.717) is 11.6 Å². The topological polar surface area (TPSA) is 52.7 Å². The number of nitrogens with zero attached hydrogens (tertiary/aromatic N) is 2. The quantitative estimate of drug-likeness (QED) is 0.829. The average molecular weight is 374 g/mol. The molecule has 0 saturated heterocycles. The van der Waals surface area contributed by atoms with Crippen LogP contribution >= 0.6 is 11.6 Å². The second-order valence-electron chi connectivity index (χ2n) is 6.34. The largest absolute Gasteiger partial charge is 0.378 e. The molecule has 0 fully saturated rings. The number of anilines is 3. The van der Waals surface area contributed by atoms with E-state index in [0.717, 1.165) is 22.6 Å². The molecule has 26 heavy (non-hydrogen) atoms. The monoisotopic (exact) mass is 373 g/mol. The first kappa shape index (κ1) is 19.8. The van der Waals surface area contributed by atoms with Gasteiger partial charge in [-0.05, 0) is 55.0 Å². The van der Waals surface area contributed by atoms with Gasteiger partial charge in [0.15, 0.2) is 0 Å². The molecule has 2 aromatic rings. The molecule has 6 heteroatoms. The SMILES string of the molecule is CC(=O)N(CCC(=O)Nc1ccc(N(C)C)cc1)c1ccc(Cl)cc1C. The van der Waals surface area contributed by atoms with Crippen LogP contribution < -0.4 is 15.1 Å². The van der Waals surface area contributed by atoms with E-state index in [1.165, 1.54) is 6.92 Å². The fourth-order valence-electron chi connectivity index (χ4n) is 2.65. The second kappa shape index (κ2) is 8.72. The lowest BCUT2D eigenvalue weighted by Crippen LogP contribution is -2.32. The summed E-state index contributed by atoms with van der Waals surface area (Å²) in [5.74, 6) is -0.251. The highest BCUT2D eigenvalue weighted by Crippen LogP contribution is 2.24. The van der Waals surface area contributed by atoms with Gasteiger partial charge in [0.1, 0.15) is 0 Å². The normalized spacial score (nSPS) is 10.3. The van der Waals surface area contributed by atoms with E-state index in [4.69, 9.17) is 11.6 Å². The Hall–Kier alpha value is -2.53. The highest BCUT2D eigenvalue weighted by Gasteiger charge is 2.15. The van der Waals surface area contributed by atoms with Crippen molar-refractivity contribution in [3.8, 4) is 0 Å². The van der Waals surface area contributed by atoms with E-state index in [1.54, 1.807) is 23.1 Å². The molecule has 5 nitrogen and oxygen atoms in total. The number of amides is 2. The van der Waals surface area contributed by atoms with Gasteiger partial charge in [0.05, 0.1) is 0 Å². The molecule has 2 aromatic carbocycles. The van der Waals surface area contributed by atoms with Crippen LogP contribution in [0.4, 0.5) is 17.1 Å². The molecule has 2 amide bonds. The summed E-state index contributed by atoms with van der Waals surface area (Å²) in [6, 6.07) is 12.9. The summed E-state index contributed by atoms with van der Waals surface area (Å²) < 4.78 is 0. The maximum absolute atomic E-state index is 12.2. The van der Waals surface area contributed by atoms with Crippen LogP contribution in [-0.2, 0) is 9.59 Å². The molecule has 0 radical (unpaired) electrons. The molecule has 2 rings (SSSR count). The molecule has 0 aromatic heterocycles. The highest BCUT2D eigenvalue weighted by atomic mass is 35.5. The zero-order chi connectivity index (χ0) is 19.3. The summed E-state index contributed by atoms with van der Waals surface area (Å²) in [6.07, 6.45) is 0.205. The maximum atomic E-state index is 12.2. The molecule has 0 heterocycles. The summed E-state index contributed by atoms with van der Waals surface area (Å²) in [5, 5.41) is 3.48. The van der Waals surface area contributed by atoms with Gasteiger partial charge in [0, 0.05) is 56.1 Å². The van der Waals surface area contributed by atoms with Crippen molar-refractivity contribution >= 4 is 40.5 Å². The predicted octanol–water partition coefficient (Wildman–Crippen LogP) is 4.10. The van der Waals surface area contributed by atoms with E-state index >= 15 is 0 Å². The van der Waals surface area contributed by atoms with Crippen molar-refractivity contribution in [3.05, 3.63) is 53.1 Å². The van der Waals surface area contributed by atoms with Crippen LogP contribution in [0.2, 0.25) is 5.02 Å². The van der Waals surface area contributed by atoms with Crippen LogP contribution in [0.3, 0.4) is 0 Å². The van der Waals surface area contributed by atoms with Crippen LogP contribution in [0.1, 0.15) is 18.9 Å². The molecule has 0 aliphatic rings. The fraction of sp³-hybridized carbons (Fsp3) is 0.300. The number of aryl methyl sites for hydroxylation is 1. The lowest BCUT2D eigenvalue weighted by Gasteiger charge is -2.23. The molecule has 0 bridgehead atoms. The molecule has 0 spiro atoms. The molecule has 0 unspecified atom stereocenters. The van der Waals surface area contributed by atoms with Gasteiger partial charge in [-0.2, -0.15) is 0 Å². The Kier molecular flexibility index (Phi) is 6.64. The molecule has 0 atom stereocenters. The molecule has 1 N–H and O–H groups in total. The Morgan fingerprint density at radius 2 is 1.73 bits per heavy atom. The first-order valence-electron chi connectivity index (χ1n) is 8.39. The number of benzene rings is 2. The third-order valence-electron chi connectivity index (χ3n) is 4.06. The minimum atomic E-state index is -0.138. The first-order valence-corrected chi connectivity index (χ1v) is 8.77. The number of halogens is 1. The summed E-state index contributed by atoms with van der Waals surface area (Å²) in [5.41, 5.74) is 3.46. The van der Waals surface area contributed by atoms with Crippen LogP contribution in [0.15, 0.2) is 42.5 Å². The Bertz CT molecular complexity index is 788. The van der Waals surface area contributed by atoms with Crippen LogP contribution in [0.5, 0.6) is 0 Å². The Morgan fingerprint density at radius 1 is 1.08 bits per heavy atom. The van der Waals surface area contributed by atoms with Crippen molar-refractivity contribution in [1.29, 1.82) is 0 Å². The van der Waals surface area contributed by atoms with Gasteiger partial charge >= 0.3 is 0 Å². The Morgan fingerprint density at radius 3 is 2.27 bits per heavy atom. The van der Waals surface area contributed by atoms with Crippen molar-refractivity contribution in [1.82, 2.24) is 0 Å². The molecule has 0 saturated carbocycles. The highest BCUT2D eigenvalue weighted by molar-refractivity contribution is 6.30. The maximum Gasteiger partial charge on any atom is 0.226 e. The molecule has 0 aliphatic heterocycles. The van der Waals surface area contributed by atoms with E-state index in [2.05, 4.69) is 5.32 Å². The van der Waals surface area contributed by atoms with Crippen molar-refractivity contribution in [2.24, 2.45) is 0 Å². The fourth-order valence-corrected chi connectivity index (χ4v) is 2.88. The number of rotatable bonds is 6. The van der Waals surface area contributed by atoms with Gasteiger partial charge in [0.2, 0.25) is 11.8 Å². The third-order valence-corrected chi connectivity index (χ3v) is 4.29. The standard InChI is InChI=1S/C20H24ClN3O2/c1-14-13-16(21)5-10-19(14)24(15(2)25)12-11-20(26)22-17-6-8-18(9-7-17)23(3)4/h5-10,13H,11-12H2,1-4H3,(H,22,26). The van der Waals surface area contributed by atoms with Gasteiger partial charge in [-0.25, -0.2) is 0 Å². The minimum absolute atomic E-state index is 0.112. The molecule has 138 valence electrons. The van der Waals surface area contributed by atoms with Crippen LogP contribution in [-0.4, -0.2) is 32.5 Å². The van der Waals surface area contributed by atoms with E-state index in [-0.39, 0.29) is 18.2 Å². The number of carbonyl (C=O) groups excluding carboxylic acids is 2. The van der Waals surface area contributed by atoms with Gasteiger partial charge in [-0.1, -0.05) is 11.6 Å². The van der Waals surface area contributed by atoms with E-state index < -0.39 is 0 Å². The smallest absolute Gasteiger partial charge is 0.226 e. The first-order chi connectivity index (χ1) is 12.3. The summed E-state index contributed by atoms with van der Waals surface area (Å²) in [6.45, 7) is 3.69. The van der Waals surface area contributed by atoms with Gasteiger partial charge in [-0.3, -0.25) is 9.59 Å². The van der Waals surface area contributed by atoms with Crippen molar-refractivity contribution in [2.45, 2.75) is 20.3 Å². The van der Waals surface area contributed by atoms with Crippen LogP contribution in [0, 0.1) is 6.92 Å². The van der Waals surface area contributed by atoms with Crippen molar-refractivity contribution < 1.29 is 9.59 Å². The summed E-state index contributed by atoms with van der Waals surface area (Å²) in [4.78, 5) is 27.8. The lowest BCUT2D eigenvalue weighted by atomic mass is 10.1. The number of hydrogen-bond donors (Lipinski definition) is 1.